The van der Waals surface area contributed by atoms with E-state index in [0.717, 1.165) is 51.4 Å². The maximum Gasteiger partial charge on any atom is 0.306 e. The molecule has 0 aliphatic rings. The summed E-state index contributed by atoms with van der Waals surface area (Å²) in [4.78, 5) is 37.6. The molecule has 0 fully saturated rings. The zero-order valence-corrected chi connectivity index (χ0v) is 40.4. The van der Waals surface area contributed by atoms with E-state index in [2.05, 4.69) is 111 Å². The molecular formula is C52H86NO8P. The van der Waals surface area contributed by atoms with Gasteiger partial charge in [0.2, 0.25) is 0 Å². The van der Waals surface area contributed by atoms with Crippen molar-refractivity contribution in [1.29, 1.82) is 0 Å². The Kier molecular flexibility index (Phi) is 40.6. The van der Waals surface area contributed by atoms with E-state index in [1.807, 2.05) is 33.3 Å². The number of hydrogen-bond acceptors (Lipinski definition) is 8. The SMILES string of the molecule is CC/C=C/C/C=C/C/C=C/C/C=C/C/C=C/CCCC(=O)OC[C@H](COP(=O)([O-])OCC[N+](C)(C)C)OC(=O)CCC/C=C/C/C=C/C/C=C/C/C=C/CCCCCCCCC. The number of phosphoric ester groups is 1. The smallest absolute Gasteiger partial charge is 0.306 e. The van der Waals surface area contributed by atoms with Gasteiger partial charge in [0.15, 0.2) is 6.10 Å². The van der Waals surface area contributed by atoms with Gasteiger partial charge in [0, 0.05) is 12.8 Å². The summed E-state index contributed by atoms with van der Waals surface area (Å²) in [6, 6.07) is 0. The van der Waals surface area contributed by atoms with E-state index >= 15 is 0 Å². The summed E-state index contributed by atoms with van der Waals surface area (Å²) in [5.74, 6) is -0.980. The maximum atomic E-state index is 12.7. The monoisotopic (exact) mass is 884 g/mol. The Morgan fingerprint density at radius 2 is 0.919 bits per heavy atom. The first-order valence-corrected chi connectivity index (χ1v) is 25.1. The van der Waals surface area contributed by atoms with Crippen molar-refractivity contribution in [3.8, 4) is 0 Å². The van der Waals surface area contributed by atoms with E-state index in [0.29, 0.717) is 36.7 Å². The zero-order valence-electron chi connectivity index (χ0n) is 39.5. The van der Waals surface area contributed by atoms with Crippen LogP contribution < -0.4 is 4.89 Å². The van der Waals surface area contributed by atoms with Crippen LogP contribution in [0, 0.1) is 0 Å². The van der Waals surface area contributed by atoms with Crippen LogP contribution in [-0.4, -0.2) is 70.0 Å². The van der Waals surface area contributed by atoms with Gasteiger partial charge in [-0.1, -0.05) is 162 Å². The molecule has 0 N–H and O–H groups in total. The fourth-order valence-corrected chi connectivity index (χ4v) is 6.35. The minimum absolute atomic E-state index is 0.0563. The molecule has 0 heterocycles. The summed E-state index contributed by atoms with van der Waals surface area (Å²) < 4.78 is 33.8. The fourth-order valence-electron chi connectivity index (χ4n) is 5.62. The first kappa shape index (κ1) is 58.7. The molecule has 0 aliphatic carbocycles. The number of allylic oxidation sites excluding steroid dienone is 18. The van der Waals surface area contributed by atoms with Gasteiger partial charge < -0.3 is 27.9 Å². The first-order chi connectivity index (χ1) is 30.0. The quantitative estimate of drug-likeness (QED) is 0.0196. The molecule has 0 aromatic carbocycles. The molecule has 0 saturated heterocycles. The van der Waals surface area contributed by atoms with Crippen molar-refractivity contribution >= 4 is 19.8 Å². The number of phosphoric acid groups is 1. The van der Waals surface area contributed by atoms with E-state index < -0.39 is 32.5 Å². The van der Waals surface area contributed by atoms with Gasteiger partial charge in [0.05, 0.1) is 27.7 Å². The molecule has 0 aromatic heterocycles. The lowest BCUT2D eigenvalue weighted by atomic mass is 10.1. The number of unbranched alkanes of at least 4 members (excludes halogenated alkanes) is 9. The van der Waals surface area contributed by atoms with Crippen LogP contribution in [0.1, 0.15) is 155 Å². The lowest BCUT2D eigenvalue weighted by molar-refractivity contribution is -0.870. The highest BCUT2D eigenvalue weighted by Crippen LogP contribution is 2.38. The average Bonchev–Trinajstić information content (AvgIpc) is 3.23. The molecule has 0 rings (SSSR count). The predicted molar refractivity (Wildman–Crippen MR) is 258 cm³/mol. The molecule has 352 valence electrons. The molecule has 2 atom stereocenters. The van der Waals surface area contributed by atoms with E-state index in [-0.39, 0.29) is 26.1 Å². The topological polar surface area (TPSA) is 111 Å². The normalized spacial score (nSPS) is 14.5. The van der Waals surface area contributed by atoms with Crippen molar-refractivity contribution in [2.24, 2.45) is 0 Å². The van der Waals surface area contributed by atoms with Crippen molar-refractivity contribution in [2.75, 3.05) is 47.5 Å². The second-order valence-corrected chi connectivity index (χ2v) is 17.8. The van der Waals surface area contributed by atoms with Crippen molar-refractivity contribution in [3.63, 3.8) is 0 Å². The Balaban J connectivity index is 4.53. The van der Waals surface area contributed by atoms with Crippen molar-refractivity contribution < 1.29 is 42.1 Å². The number of likely N-dealkylation sites (N-methyl/N-ethyl adjacent to an activating group) is 1. The number of carbonyl (C=O) groups is 2. The van der Waals surface area contributed by atoms with Gasteiger partial charge in [0.25, 0.3) is 7.82 Å². The summed E-state index contributed by atoms with van der Waals surface area (Å²) in [6.07, 6.45) is 58.5. The number of carbonyl (C=O) groups excluding carboxylic acids is 2. The summed E-state index contributed by atoms with van der Waals surface area (Å²) in [5.41, 5.74) is 0. The lowest BCUT2D eigenvalue weighted by Gasteiger charge is -2.28. The third kappa shape index (κ3) is 46.2. The van der Waals surface area contributed by atoms with E-state index in [9.17, 15) is 19.0 Å². The van der Waals surface area contributed by atoms with Gasteiger partial charge in [-0.3, -0.25) is 14.2 Å². The van der Waals surface area contributed by atoms with Crippen LogP contribution in [0.3, 0.4) is 0 Å². The maximum absolute atomic E-state index is 12.7. The third-order valence-electron chi connectivity index (χ3n) is 9.28. The van der Waals surface area contributed by atoms with Crippen LogP contribution in [-0.2, 0) is 32.7 Å². The number of quaternary nitrogens is 1. The Morgan fingerprint density at radius 3 is 1.37 bits per heavy atom. The Hall–Kier alpha value is -3.33. The molecule has 0 bridgehead atoms. The highest BCUT2D eigenvalue weighted by Gasteiger charge is 2.21. The van der Waals surface area contributed by atoms with Crippen LogP contribution in [0.25, 0.3) is 0 Å². The minimum Gasteiger partial charge on any atom is -0.756 e. The summed E-state index contributed by atoms with van der Waals surface area (Å²) in [6.45, 7) is 3.96. The fraction of sp³-hybridized carbons (Fsp3) is 0.615. The molecule has 62 heavy (non-hydrogen) atoms. The highest BCUT2D eigenvalue weighted by atomic mass is 31.2. The molecule has 0 amide bonds. The Morgan fingerprint density at radius 1 is 0.516 bits per heavy atom. The van der Waals surface area contributed by atoms with Crippen molar-refractivity contribution in [2.45, 2.75) is 161 Å². The lowest BCUT2D eigenvalue weighted by Crippen LogP contribution is -2.37. The number of rotatable bonds is 41. The van der Waals surface area contributed by atoms with Crippen LogP contribution in [0.4, 0.5) is 0 Å². The van der Waals surface area contributed by atoms with Crippen LogP contribution in [0.15, 0.2) is 109 Å². The molecule has 0 spiro atoms. The molecular weight excluding hydrogens is 798 g/mol. The minimum atomic E-state index is -4.66. The largest absolute Gasteiger partial charge is 0.756 e. The molecule has 0 saturated carbocycles. The van der Waals surface area contributed by atoms with Crippen LogP contribution >= 0.6 is 7.82 Å². The summed E-state index contributed by atoms with van der Waals surface area (Å²) >= 11 is 0. The Bertz CT molecular complexity index is 1420. The number of esters is 2. The van der Waals surface area contributed by atoms with Gasteiger partial charge >= 0.3 is 11.9 Å². The molecule has 0 radical (unpaired) electrons. The first-order valence-electron chi connectivity index (χ1n) is 23.6. The standard InChI is InChI=1S/C52H86NO8P/c1-6-8-10-12-14-16-18-20-22-24-25-26-27-29-31-33-35-37-39-41-43-45-52(55)61-50(49-60-62(56,57)59-47-46-53(3,4)5)48-58-51(54)44-42-40-38-36-34-32-30-28-23-21-19-17-15-13-11-9-7-2/h9,11,15,17,21-24,26-27,30-33,36-39,50H,6-8,10,12-14,16,18-20,25,28-29,34-35,40-49H2,1-5H3/b11-9+,17-15+,23-21+,24-22+,27-26+,32-30+,33-31+,38-36+,39-37+/t50-/m1/s1. The van der Waals surface area contributed by atoms with Gasteiger partial charge in [-0.2, -0.15) is 0 Å². The zero-order chi connectivity index (χ0) is 45.7. The molecule has 0 aliphatic heterocycles. The molecule has 10 heteroatoms. The average molecular weight is 884 g/mol. The number of nitrogens with zero attached hydrogens (tertiary/aromatic N) is 1. The van der Waals surface area contributed by atoms with Gasteiger partial charge in [-0.15, -0.1) is 0 Å². The predicted octanol–water partition coefficient (Wildman–Crippen LogP) is 13.3. The Labute approximate surface area is 378 Å². The van der Waals surface area contributed by atoms with Crippen LogP contribution in [0.2, 0.25) is 0 Å². The number of hydrogen-bond donors (Lipinski definition) is 0. The van der Waals surface area contributed by atoms with Gasteiger partial charge in [0.1, 0.15) is 19.8 Å². The van der Waals surface area contributed by atoms with Gasteiger partial charge in [-0.25, -0.2) is 0 Å². The van der Waals surface area contributed by atoms with Crippen molar-refractivity contribution in [1.82, 2.24) is 0 Å². The molecule has 1 unspecified atom stereocenters. The second-order valence-electron chi connectivity index (χ2n) is 16.4. The van der Waals surface area contributed by atoms with E-state index in [1.165, 1.54) is 51.4 Å². The number of ether oxygens (including phenoxy) is 2. The second kappa shape index (κ2) is 42.9. The highest BCUT2D eigenvalue weighted by molar-refractivity contribution is 7.45. The molecule has 0 aromatic rings. The van der Waals surface area contributed by atoms with Crippen LogP contribution in [0.5, 0.6) is 0 Å². The summed E-state index contributed by atoms with van der Waals surface area (Å²) in [7, 11) is 1.08. The van der Waals surface area contributed by atoms with Crippen molar-refractivity contribution in [3.05, 3.63) is 109 Å². The third-order valence-corrected chi connectivity index (χ3v) is 10.2. The van der Waals surface area contributed by atoms with Gasteiger partial charge in [-0.05, 0) is 89.9 Å². The molecule has 9 nitrogen and oxygen atoms in total. The van der Waals surface area contributed by atoms with E-state index in [1.54, 1.807) is 0 Å². The summed E-state index contributed by atoms with van der Waals surface area (Å²) in [5, 5.41) is 0. The van der Waals surface area contributed by atoms with E-state index in [4.69, 9.17) is 18.5 Å².